The van der Waals surface area contributed by atoms with Gasteiger partial charge in [0.15, 0.2) is 0 Å². The minimum atomic E-state index is -0.319. The number of pyridine rings is 1. The van der Waals surface area contributed by atoms with Gasteiger partial charge in [0.2, 0.25) is 11.8 Å². The molecule has 1 aliphatic rings. The zero-order chi connectivity index (χ0) is 17.2. The van der Waals surface area contributed by atoms with Gasteiger partial charge in [-0.1, -0.05) is 25.9 Å². The van der Waals surface area contributed by atoms with Crippen LogP contribution < -0.4 is 10.1 Å². The highest BCUT2D eigenvalue weighted by molar-refractivity contribution is 7.99. The first kappa shape index (κ1) is 16.8. The zero-order valence-corrected chi connectivity index (χ0v) is 14.9. The fraction of sp³-hybridized carbons (Fsp3) is 0.471. The molecule has 7 heteroatoms. The van der Waals surface area contributed by atoms with Crippen molar-refractivity contribution in [2.45, 2.75) is 38.7 Å². The van der Waals surface area contributed by atoms with Gasteiger partial charge in [0.25, 0.3) is 5.91 Å². The van der Waals surface area contributed by atoms with Gasteiger partial charge in [-0.25, -0.2) is 4.98 Å². The highest BCUT2D eigenvalue weighted by atomic mass is 32.2. The second kappa shape index (κ2) is 6.84. The van der Waals surface area contributed by atoms with Crippen molar-refractivity contribution in [3.05, 3.63) is 35.7 Å². The number of hydrogen-bond acceptors (Lipinski definition) is 6. The van der Waals surface area contributed by atoms with Crippen LogP contribution in [0.3, 0.4) is 0 Å². The average Bonchev–Trinajstić information content (AvgIpc) is 3.19. The Morgan fingerprint density at radius 1 is 1.46 bits per heavy atom. The first-order valence-electron chi connectivity index (χ1n) is 7.91. The molecule has 1 fully saturated rings. The summed E-state index contributed by atoms with van der Waals surface area (Å²) in [4.78, 5) is 16.8. The Balaban J connectivity index is 1.74. The van der Waals surface area contributed by atoms with E-state index in [1.54, 1.807) is 24.4 Å². The van der Waals surface area contributed by atoms with Gasteiger partial charge >= 0.3 is 0 Å². The number of thioether (sulfide) groups is 1. The Morgan fingerprint density at radius 3 is 2.96 bits per heavy atom. The number of hydrogen-bond donors (Lipinski definition) is 1. The Kier molecular flexibility index (Phi) is 4.80. The molecule has 1 atom stereocenters. The van der Waals surface area contributed by atoms with E-state index in [1.165, 1.54) is 0 Å². The minimum absolute atomic E-state index is 0.106. The first-order chi connectivity index (χ1) is 11.4. The minimum Gasteiger partial charge on any atom is -0.473 e. The van der Waals surface area contributed by atoms with E-state index >= 15 is 0 Å². The third-order valence-corrected chi connectivity index (χ3v) is 4.83. The normalized spacial score (nSPS) is 17.7. The summed E-state index contributed by atoms with van der Waals surface area (Å²) in [6.45, 7) is 6.09. The van der Waals surface area contributed by atoms with Crippen molar-refractivity contribution < 1.29 is 14.1 Å². The molecule has 24 heavy (non-hydrogen) atoms. The van der Waals surface area contributed by atoms with E-state index in [0.717, 1.165) is 23.6 Å². The molecule has 1 N–H and O–H groups in total. The molecule has 0 radical (unpaired) electrons. The van der Waals surface area contributed by atoms with Crippen molar-refractivity contribution in [2.75, 3.05) is 16.8 Å². The SMILES string of the molecule is CC(C)(C)c1cc(NC(=O)c2cccnc2OC2CCSC2)on1. The van der Waals surface area contributed by atoms with Gasteiger partial charge in [0.05, 0.1) is 5.69 Å². The number of carbonyl (C=O) groups excluding carboxylic acids is 1. The van der Waals surface area contributed by atoms with Crippen LogP contribution in [-0.4, -0.2) is 33.7 Å². The van der Waals surface area contributed by atoms with Gasteiger partial charge in [-0.3, -0.25) is 10.1 Å². The lowest BCUT2D eigenvalue weighted by Crippen LogP contribution is -2.20. The monoisotopic (exact) mass is 347 g/mol. The molecule has 3 heterocycles. The number of anilines is 1. The van der Waals surface area contributed by atoms with E-state index in [1.807, 2.05) is 32.5 Å². The van der Waals surface area contributed by atoms with E-state index in [2.05, 4.69) is 15.5 Å². The van der Waals surface area contributed by atoms with Crippen LogP contribution in [0.25, 0.3) is 0 Å². The second-order valence-electron chi connectivity index (χ2n) is 6.74. The van der Waals surface area contributed by atoms with Crippen molar-refractivity contribution in [2.24, 2.45) is 0 Å². The highest BCUT2D eigenvalue weighted by Gasteiger charge is 2.23. The Bertz CT molecular complexity index is 718. The van der Waals surface area contributed by atoms with E-state index in [4.69, 9.17) is 9.26 Å². The van der Waals surface area contributed by atoms with Crippen LogP contribution in [0.5, 0.6) is 5.88 Å². The highest BCUT2D eigenvalue weighted by Crippen LogP contribution is 2.26. The third-order valence-electron chi connectivity index (χ3n) is 3.70. The molecule has 3 rings (SSSR count). The summed E-state index contributed by atoms with van der Waals surface area (Å²) in [5.74, 6) is 2.36. The predicted octanol–water partition coefficient (Wildman–Crippen LogP) is 3.50. The molecule has 2 aromatic rings. The summed E-state index contributed by atoms with van der Waals surface area (Å²) >= 11 is 1.85. The van der Waals surface area contributed by atoms with E-state index < -0.39 is 0 Å². The van der Waals surface area contributed by atoms with Crippen molar-refractivity contribution in [1.29, 1.82) is 0 Å². The van der Waals surface area contributed by atoms with Gasteiger partial charge in [-0.05, 0) is 24.3 Å². The quantitative estimate of drug-likeness (QED) is 0.912. The van der Waals surface area contributed by atoms with Crippen LogP contribution in [0.4, 0.5) is 5.88 Å². The van der Waals surface area contributed by atoms with Crippen molar-refractivity contribution >= 4 is 23.6 Å². The molecule has 0 bridgehead atoms. The summed E-state index contributed by atoms with van der Waals surface area (Å²) in [6.07, 6.45) is 2.70. The van der Waals surface area contributed by atoms with E-state index in [9.17, 15) is 4.79 Å². The summed E-state index contributed by atoms with van der Waals surface area (Å²) < 4.78 is 11.1. The van der Waals surface area contributed by atoms with E-state index in [0.29, 0.717) is 17.3 Å². The lowest BCUT2D eigenvalue weighted by atomic mass is 9.92. The lowest BCUT2D eigenvalue weighted by molar-refractivity contribution is 0.101. The third kappa shape index (κ3) is 3.90. The second-order valence-corrected chi connectivity index (χ2v) is 7.89. The standard InChI is InChI=1S/C17H21N3O3S/c1-17(2,3)13-9-14(23-20-13)19-15(21)12-5-4-7-18-16(12)22-11-6-8-24-10-11/h4-5,7,9,11H,6,8,10H2,1-3H3,(H,19,21). The Hall–Kier alpha value is -2.02. The number of nitrogens with one attached hydrogen (secondary N) is 1. The molecule has 0 saturated carbocycles. The largest absolute Gasteiger partial charge is 0.473 e. The number of carbonyl (C=O) groups is 1. The molecule has 1 saturated heterocycles. The topological polar surface area (TPSA) is 77.2 Å². The Morgan fingerprint density at radius 2 is 2.29 bits per heavy atom. The van der Waals surface area contributed by atoms with Crippen molar-refractivity contribution in [3.63, 3.8) is 0 Å². The maximum Gasteiger partial charge on any atom is 0.263 e. The summed E-state index contributed by atoms with van der Waals surface area (Å²) in [6, 6.07) is 5.15. The van der Waals surface area contributed by atoms with Crippen LogP contribution >= 0.6 is 11.8 Å². The molecule has 0 aliphatic carbocycles. The van der Waals surface area contributed by atoms with Gasteiger partial charge in [0.1, 0.15) is 11.7 Å². The molecule has 1 amide bonds. The lowest BCUT2D eigenvalue weighted by Gasteiger charge is -2.14. The fourth-order valence-corrected chi connectivity index (χ4v) is 3.38. The van der Waals surface area contributed by atoms with Crippen LogP contribution in [-0.2, 0) is 5.41 Å². The number of amides is 1. The first-order valence-corrected chi connectivity index (χ1v) is 9.07. The molecule has 2 aromatic heterocycles. The fourth-order valence-electron chi connectivity index (χ4n) is 2.29. The zero-order valence-electron chi connectivity index (χ0n) is 14.0. The van der Waals surface area contributed by atoms with Crippen molar-refractivity contribution in [3.8, 4) is 5.88 Å². The molecular weight excluding hydrogens is 326 g/mol. The molecule has 1 unspecified atom stereocenters. The molecule has 1 aliphatic heterocycles. The summed E-state index contributed by atoms with van der Waals surface area (Å²) in [5.41, 5.74) is 1.03. The number of aromatic nitrogens is 2. The molecule has 0 aromatic carbocycles. The number of ether oxygens (including phenoxy) is 1. The van der Waals surface area contributed by atoms with Gasteiger partial charge in [0, 0.05) is 23.4 Å². The molecule has 6 nitrogen and oxygen atoms in total. The number of nitrogens with zero attached hydrogens (tertiary/aromatic N) is 2. The van der Waals surface area contributed by atoms with Crippen LogP contribution in [0.2, 0.25) is 0 Å². The van der Waals surface area contributed by atoms with E-state index in [-0.39, 0.29) is 17.4 Å². The van der Waals surface area contributed by atoms with Gasteiger partial charge < -0.3 is 9.26 Å². The number of rotatable bonds is 4. The Labute approximate surface area is 145 Å². The average molecular weight is 347 g/mol. The smallest absolute Gasteiger partial charge is 0.263 e. The van der Waals surface area contributed by atoms with Gasteiger partial charge in [-0.2, -0.15) is 11.8 Å². The maximum absolute atomic E-state index is 12.5. The van der Waals surface area contributed by atoms with Crippen LogP contribution in [0.15, 0.2) is 28.9 Å². The van der Waals surface area contributed by atoms with Gasteiger partial charge in [-0.15, -0.1) is 0 Å². The summed E-state index contributed by atoms with van der Waals surface area (Å²) in [7, 11) is 0. The predicted molar refractivity (Wildman–Crippen MR) is 93.8 cm³/mol. The molecule has 0 spiro atoms. The molecule has 128 valence electrons. The summed E-state index contributed by atoms with van der Waals surface area (Å²) in [5, 5.41) is 6.72. The molecular formula is C17H21N3O3S. The maximum atomic E-state index is 12.5. The van der Waals surface area contributed by atoms with Crippen LogP contribution in [0.1, 0.15) is 43.2 Å². The van der Waals surface area contributed by atoms with Crippen molar-refractivity contribution in [1.82, 2.24) is 10.1 Å². The van der Waals surface area contributed by atoms with Crippen LogP contribution in [0, 0.1) is 0 Å².